The van der Waals surface area contributed by atoms with Crippen molar-refractivity contribution in [2.75, 3.05) is 14.1 Å². The topological polar surface area (TPSA) is 21.3 Å². The lowest BCUT2D eigenvalue weighted by atomic mass is 10.3. The minimum Gasteiger partial charge on any atom is -0.457 e. The van der Waals surface area contributed by atoms with Gasteiger partial charge in [0.05, 0.1) is 5.02 Å². The first-order valence-electron chi connectivity index (χ1n) is 5.53. The summed E-state index contributed by atoms with van der Waals surface area (Å²) in [6.07, 6.45) is 0. The fourth-order valence-corrected chi connectivity index (χ4v) is 1.35. The van der Waals surface area contributed by atoms with Crippen LogP contribution in [0.25, 0.3) is 0 Å². The van der Waals surface area contributed by atoms with Crippen LogP contribution in [0.4, 0.5) is 8.78 Å². The molecule has 0 radical (unpaired) electrons. The summed E-state index contributed by atoms with van der Waals surface area (Å²) in [7, 11) is 3.75. The summed E-state index contributed by atoms with van der Waals surface area (Å²) < 4.78 is 30.8. The average molecular weight is 286 g/mol. The summed E-state index contributed by atoms with van der Waals surface area (Å²) >= 11 is 5.59. The van der Waals surface area contributed by atoms with Gasteiger partial charge in [-0.15, -0.1) is 0 Å². The van der Waals surface area contributed by atoms with Gasteiger partial charge in [0.1, 0.15) is 23.1 Å². The van der Waals surface area contributed by atoms with Gasteiger partial charge in [-0.1, -0.05) is 11.6 Å². The second kappa shape index (κ2) is 7.71. The largest absolute Gasteiger partial charge is 0.457 e. The number of benzene rings is 2. The van der Waals surface area contributed by atoms with E-state index in [1.807, 2.05) is 14.1 Å². The van der Waals surface area contributed by atoms with Crippen molar-refractivity contribution in [1.29, 1.82) is 0 Å². The fraction of sp³-hybridized carbons (Fsp3) is 0.143. The molecule has 0 fully saturated rings. The molecule has 0 saturated heterocycles. The highest BCUT2D eigenvalue weighted by Crippen LogP contribution is 2.25. The SMILES string of the molecule is CNC.Fc1ccc(Oc2ccc(F)c(Cl)c2)cc1. The van der Waals surface area contributed by atoms with Gasteiger partial charge in [-0.2, -0.15) is 0 Å². The fourth-order valence-electron chi connectivity index (χ4n) is 1.18. The number of halogens is 3. The smallest absolute Gasteiger partial charge is 0.142 e. The number of hydrogen-bond donors (Lipinski definition) is 1. The van der Waals surface area contributed by atoms with Crippen molar-refractivity contribution >= 4 is 11.6 Å². The summed E-state index contributed by atoms with van der Waals surface area (Å²) in [5.74, 6) is 0.0136. The summed E-state index contributed by atoms with van der Waals surface area (Å²) in [5, 5.41) is 2.74. The van der Waals surface area contributed by atoms with Crippen molar-refractivity contribution < 1.29 is 13.5 Å². The molecule has 0 unspecified atom stereocenters. The Hall–Kier alpha value is -1.65. The summed E-state index contributed by atoms with van der Waals surface area (Å²) in [5.41, 5.74) is 0. The molecule has 2 rings (SSSR count). The van der Waals surface area contributed by atoms with Crippen LogP contribution in [0.2, 0.25) is 5.02 Å². The molecule has 0 heterocycles. The van der Waals surface area contributed by atoms with E-state index in [9.17, 15) is 8.78 Å². The minimum absolute atomic E-state index is 0.0142. The minimum atomic E-state index is -0.506. The van der Waals surface area contributed by atoms with Gasteiger partial charge < -0.3 is 10.1 Å². The lowest BCUT2D eigenvalue weighted by Crippen LogP contribution is -1.89. The number of ether oxygens (including phenoxy) is 1. The Kier molecular flexibility index (Phi) is 6.25. The van der Waals surface area contributed by atoms with Crippen LogP contribution in [0, 0.1) is 11.6 Å². The van der Waals surface area contributed by atoms with Crippen LogP contribution in [0.3, 0.4) is 0 Å². The molecule has 0 aromatic heterocycles. The van der Waals surface area contributed by atoms with Crippen LogP contribution in [0.1, 0.15) is 0 Å². The molecular weight excluding hydrogens is 272 g/mol. The van der Waals surface area contributed by atoms with Crippen molar-refractivity contribution in [2.24, 2.45) is 0 Å². The third-order valence-corrected chi connectivity index (χ3v) is 2.23. The van der Waals surface area contributed by atoms with E-state index in [4.69, 9.17) is 16.3 Å². The van der Waals surface area contributed by atoms with Gasteiger partial charge in [-0.25, -0.2) is 8.78 Å². The highest BCUT2D eigenvalue weighted by atomic mass is 35.5. The highest BCUT2D eigenvalue weighted by Gasteiger charge is 2.02. The van der Waals surface area contributed by atoms with Gasteiger partial charge in [-0.3, -0.25) is 0 Å². The Morgan fingerprint density at radius 3 is 2.00 bits per heavy atom. The van der Waals surface area contributed by atoms with E-state index in [1.165, 1.54) is 42.5 Å². The lowest BCUT2D eigenvalue weighted by molar-refractivity contribution is 0.478. The molecule has 1 N–H and O–H groups in total. The molecule has 0 atom stereocenters. The molecule has 5 heteroatoms. The van der Waals surface area contributed by atoms with Crippen LogP contribution in [0.5, 0.6) is 11.5 Å². The summed E-state index contributed by atoms with van der Waals surface area (Å²) in [6, 6.07) is 9.53. The van der Waals surface area contributed by atoms with Gasteiger partial charge in [0, 0.05) is 6.07 Å². The molecule has 0 saturated carbocycles. The molecule has 2 aromatic rings. The zero-order valence-electron chi connectivity index (χ0n) is 10.6. The van der Waals surface area contributed by atoms with Crippen LogP contribution in [0.15, 0.2) is 42.5 Å². The van der Waals surface area contributed by atoms with Gasteiger partial charge in [0.2, 0.25) is 0 Å². The molecule has 0 aliphatic heterocycles. The average Bonchev–Trinajstić information content (AvgIpc) is 2.38. The first kappa shape index (κ1) is 15.4. The van der Waals surface area contributed by atoms with Crippen LogP contribution in [-0.2, 0) is 0 Å². The maximum Gasteiger partial charge on any atom is 0.142 e. The maximum absolute atomic E-state index is 12.9. The Morgan fingerprint density at radius 1 is 0.947 bits per heavy atom. The first-order chi connectivity index (χ1) is 9.06. The third-order valence-electron chi connectivity index (χ3n) is 1.94. The Balaban J connectivity index is 0.000000550. The zero-order valence-corrected chi connectivity index (χ0v) is 11.3. The van der Waals surface area contributed by atoms with E-state index in [0.29, 0.717) is 11.5 Å². The van der Waals surface area contributed by atoms with E-state index in [1.54, 1.807) is 0 Å². The summed E-state index contributed by atoms with van der Waals surface area (Å²) in [4.78, 5) is 0. The Morgan fingerprint density at radius 2 is 1.47 bits per heavy atom. The van der Waals surface area contributed by atoms with Crippen molar-refractivity contribution in [1.82, 2.24) is 5.32 Å². The second-order valence-electron chi connectivity index (χ2n) is 3.63. The highest BCUT2D eigenvalue weighted by molar-refractivity contribution is 6.30. The van der Waals surface area contributed by atoms with Crippen LogP contribution in [-0.4, -0.2) is 14.1 Å². The monoisotopic (exact) mass is 285 g/mol. The van der Waals surface area contributed by atoms with Crippen molar-refractivity contribution in [2.45, 2.75) is 0 Å². The van der Waals surface area contributed by atoms with E-state index in [-0.39, 0.29) is 10.8 Å². The third kappa shape index (κ3) is 5.24. The number of nitrogens with one attached hydrogen (secondary N) is 1. The van der Waals surface area contributed by atoms with Crippen LogP contribution >= 0.6 is 11.6 Å². The lowest BCUT2D eigenvalue weighted by Gasteiger charge is -2.05. The van der Waals surface area contributed by atoms with E-state index in [2.05, 4.69) is 5.32 Å². The molecular formula is C14H14ClF2NO. The molecule has 2 aromatic carbocycles. The van der Waals surface area contributed by atoms with E-state index in [0.717, 1.165) is 0 Å². The molecule has 2 nitrogen and oxygen atoms in total. The predicted octanol–water partition coefficient (Wildman–Crippen LogP) is 4.25. The molecule has 102 valence electrons. The van der Waals surface area contributed by atoms with Gasteiger partial charge in [-0.05, 0) is 50.5 Å². The van der Waals surface area contributed by atoms with Crippen molar-refractivity contribution in [3.05, 3.63) is 59.1 Å². The second-order valence-corrected chi connectivity index (χ2v) is 4.04. The summed E-state index contributed by atoms with van der Waals surface area (Å²) in [6.45, 7) is 0. The van der Waals surface area contributed by atoms with Gasteiger partial charge in [0.25, 0.3) is 0 Å². The predicted molar refractivity (Wildman–Crippen MR) is 72.9 cm³/mol. The molecule has 0 bridgehead atoms. The number of rotatable bonds is 2. The molecule has 19 heavy (non-hydrogen) atoms. The van der Waals surface area contributed by atoms with E-state index < -0.39 is 5.82 Å². The zero-order chi connectivity index (χ0) is 14.3. The molecule has 0 spiro atoms. The van der Waals surface area contributed by atoms with Crippen molar-refractivity contribution in [3.8, 4) is 11.5 Å². The number of hydrogen-bond acceptors (Lipinski definition) is 2. The molecule has 0 amide bonds. The van der Waals surface area contributed by atoms with E-state index >= 15 is 0 Å². The first-order valence-corrected chi connectivity index (χ1v) is 5.91. The van der Waals surface area contributed by atoms with Crippen LogP contribution < -0.4 is 10.1 Å². The van der Waals surface area contributed by atoms with Gasteiger partial charge in [0.15, 0.2) is 0 Å². The quantitative estimate of drug-likeness (QED) is 0.891. The Bertz CT molecular complexity index is 517. The molecule has 0 aliphatic carbocycles. The standard InChI is InChI=1S/C12H7ClF2O.C2H7N/c13-11-7-10(5-6-12(11)15)16-9-3-1-8(14)2-4-9;1-3-2/h1-7H;3H,1-2H3. The Labute approximate surface area is 116 Å². The molecule has 0 aliphatic rings. The normalized spacial score (nSPS) is 9.53. The maximum atomic E-state index is 12.9. The van der Waals surface area contributed by atoms with Gasteiger partial charge >= 0.3 is 0 Å². The van der Waals surface area contributed by atoms with Crippen molar-refractivity contribution in [3.63, 3.8) is 0 Å².